The first-order valence-corrected chi connectivity index (χ1v) is 9.63. The summed E-state index contributed by atoms with van der Waals surface area (Å²) in [4.78, 5) is 37.3. The Kier molecular flexibility index (Phi) is 5.96. The van der Waals surface area contributed by atoms with Crippen LogP contribution in [0.4, 0.5) is 5.00 Å². The van der Waals surface area contributed by atoms with E-state index in [9.17, 15) is 14.4 Å². The van der Waals surface area contributed by atoms with Gasteiger partial charge in [0.15, 0.2) is 5.69 Å². The number of esters is 1. The lowest BCUT2D eigenvalue weighted by Crippen LogP contribution is -2.25. The summed E-state index contributed by atoms with van der Waals surface area (Å²) < 4.78 is 11.4. The lowest BCUT2D eigenvalue weighted by Gasteiger charge is -2.10. The van der Waals surface area contributed by atoms with Crippen molar-refractivity contribution >= 4 is 50.6 Å². The Morgan fingerprint density at radius 3 is 2.82 bits per heavy atom. The Bertz CT molecular complexity index is 1110. The van der Waals surface area contributed by atoms with Gasteiger partial charge in [-0.1, -0.05) is 6.07 Å². The molecule has 3 aromatic rings. The molecule has 8 nitrogen and oxygen atoms in total. The minimum absolute atomic E-state index is 0.0260. The number of hydrogen-bond acceptors (Lipinski definition) is 7. The maximum atomic E-state index is 13.1. The average molecular weight is 422 g/mol. The van der Waals surface area contributed by atoms with Gasteiger partial charge in [-0.25, -0.2) is 4.79 Å². The lowest BCUT2D eigenvalue weighted by molar-refractivity contribution is -0.113. The highest BCUT2D eigenvalue weighted by molar-refractivity contribution is 7.16. The van der Waals surface area contributed by atoms with E-state index in [-0.39, 0.29) is 28.6 Å². The fraction of sp³-hybridized carbons (Fsp3) is 0.222. The third kappa shape index (κ3) is 3.71. The zero-order chi connectivity index (χ0) is 20.3. The normalized spacial score (nSPS) is 10.7. The molecule has 0 bridgehead atoms. The van der Waals surface area contributed by atoms with Crippen LogP contribution in [-0.4, -0.2) is 41.3 Å². The summed E-state index contributed by atoms with van der Waals surface area (Å²) in [5, 5.41) is 9.13. The molecule has 1 amide bonds. The summed E-state index contributed by atoms with van der Waals surface area (Å²) in [5.74, 6) is -0.881. The first kappa shape index (κ1) is 19.8. The van der Waals surface area contributed by atoms with Crippen LogP contribution >= 0.6 is 22.9 Å². The number of hydrogen-bond donors (Lipinski definition) is 1. The second-order valence-corrected chi connectivity index (χ2v) is 6.67. The Morgan fingerprint density at radius 2 is 2.14 bits per heavy atom. The van der Waals surface area contributed by atoms with Crippen LogP contribution < -0.4 is 15.6 Å². The lowest BCUT2D eigenvalue weighted by atomic mass is 10.2. The highest BCUT2D eigenvalue weighted by Gasteiger charge is 2.23. The number of benzene rings is 1. The number of thiophene rings is 1. The molecule has 1 aromatic carbocycles. The van der Waals surface area contributed by atoms with Gasteiger partial charge in [0.2, 0.25) is 5.91 Å². The standard InChI is InChI=1S/C18H16ClN3O5S/c1-3-27-18(25)15-12-9-28-16(20-13(23)8-19)14(12)17(24)22(21-15)10-5-4-6-11(7-10)26-2/h4-7,9H,3,8H2,1-2H3,(H,20,23). The topological polar surface area (TPSA) is 99.5 Å². The van der Waals surface area contributed by atoms with E-state index in [2.05, 4.69) is 10.4 Å². The maximum Gasteiger partial charge on any atom is 0.359 e. The summed E-state index contributed by atoms with van der Waals surface area (Å²) >= 11 is 6.66. The highest BCUT2D eigenvalue weighted by Crippen LogP contribution is 2.30. The number of aromatic nitrogens is 2. The predicted molar refractivity (Wildman–Crippen MR) is 107 cm³/mol. The molecule has 0 fully saturated rings. The third-order valence-electron chi connectivity index (χ3n) is 3.79. The van der Waals surface area contributed by atoms with Crippen LogP contribution in [0.3, 0.4) is 0 Å². The summed E-state index contributed by atoms with van der Waals surface area (Å²) in [6, 6.07) is 6.68. The van der Waals surface area contributed by atoms with Crippen molar-refractivity contribution in [3.8, 4) is 11.4 Å². The monoisotopic (exact) mass is 421 g/mol. The molecule has 1 N–H and O–H groups in total. The van der Waals surface area contributed by atoms with Crippen molar-refractivity contribution in [2.45, 2.75) is 6.92 Å². The molecule has 0 aliphatic heterocycles. The van der Waals surface area contributed by atoms with E-state index in [1.54, 1.807) is 36.6 Å². The molecule has 0 aliphatic carbocycles. The number of alkyl halides is 1. The minimum Gasteiger partial charge on any atom is -0.497 e. The number of rotatable bonds is 6. The van der Waals surface area contributed by atoms with E-state index < -0.39 is 17.4 Å². The third-order valence-corrected chi connectivity index (χ3v) is 4.93. The summed E-state index contributed by atoms with van der Waals surface area (Å²) in [7, 11) is 1.50. The quantitative estimate of drug-likeness (QED) is 0.485. The molecular formula is C18H16ClN3O5S. The van der Waals surface area contributed by atoms with Crippen molar-refractivity contribution in [1.29, 1.82) is 0 Å². The second-order valence-electron chi connectivity index (χ2n) is 5.52. The first-order chi connectivity index (χ1) is 13.5. The van der Waals surface area contributed by atoms with Gasteiger partial charge in [0, 0.05) is 16.8 Å². The molecule has 0 aliphatic rings. The number of anilines is 1. The molecule has 146 valence electrons. The molecule has 0 atom stereocenters. The van der Waals surface area contributed by atoms with Gasteiger partial charge < -0.3 is 14.8 Å². The van der Waals surface area contributed by atoms with Gasteiger partial charge in [0.05, 0.1) is 24.8 Å². The molecular weight excluding hydrogens is 406 g/mol. The van der Waals surface area contributed by atoms with E-state index >= 15 is 0 Å². The van der Waals surface area contributed by atoms with Crippen molar-refractivity contribution in [3.05, 3.63) is 45.7 Å². The smallest absolute Gasteiger partial charge is 0.359 e. The molecule has 0 saturated carbocycles. The zero-order valence-electron chi connectivity index (χ0n) is 15.0. The molecule has 2 aromatic heterocycles. The molecule has 3 rings (SSSR count). The van der Waals surface area contributed by atoms with Crippen LogP contribution in [0, 0.1) is 0 Å². The molecule has 0 radical (unpaired) electrons. The number of methoxy groups -OCH3 is 1. The largest absolute Gasteiger partial charge is 0.497 e. The van der Waals surface area contributed by atoms with Crippen molar-refractivity contribution in [2.24, 2.45) is 0 Å². The number of nitrogens with one attached hydrogen (secondary N) is 1. The van der Waals surface area contributed by atoms with Crippen molar-refractivity contribution in [1.82, 2.24) is 9.78 Å². The summed E-state index contributed by atoms with van der Waals surface area (Å²) in [6.07, 6.45) is 0. The molecule has 10 heteroatoms. The number of ether oxygens (including phenoxy) is 2. The molecule has 0 spiro atoms. The van der Waals surface area contributed by atoms with Gasteiger partial charge in [-0.15, -0.1) is 22.9 Å². The van der Waals surface area contributed by atoms with Crippen LogP contribution in [-0.2, 0) is 9.53 Å². The van der Waals surface area contributed by atoms with Crippen LogP contribution in [0.5, 0.6) is 5.75 Å². The SMILES string of the molecule is CCOC(=O)c1nn(-c2cccc(OC)c2)c(=O)c2c(NC(=O)CCl)scc12. The Hall–Kier alpha value is -2.91. The number of carbonyl (C=O) groups excluding carboxylic acids is 2. The van der Waals surface area contributed by atoms with Gasteiger partial charge in [-0.3, -0.25) is 9.59 Å². The fourth-order valence-electron chi connectivity index (χ4n) is 2.57. The van der Waals surface area contributed by atoms with E-state index in [1.807, 2.05) is 0 Å². The van der Waals surface area contributed by atoms with Crippen LogP contribution in [0.2, 0.25) is 0 Å². The number of fused-ring (bicyclic) bond motifs is 1. The fourth-order valence-corrected chi connectivity index (χ4v) is 3.59. The molecule has 0 unspecified atom stereocenters. The van der Waals surface area contributed by atoms with Gasteiger partial charge in [0.25, 0.3) is 5.56 Å². The van der Waals surface area contributed by atoms with Crippen molar-refractivity contribution in [2.75, 3.05) is 24.9 Å². The Labute approximate surface area is 168 Å². The minimum atomic E-state index is -0.669. The van der Waals surface area contributed by atoms with Gasteiger partial charge in [0.1, 0.15) is 16.6 Å². The molecule has 0 saturated heterocycles. The highest BCUT2D eigenvalue weighted by atomic mass is 35.5. The van der Waals surface area contributed by atoms with E-state index in [4.69, 9.17) is 21.1 Å². The number of nitrogens with zero attached hydrogens (tertiary/aromatic N) is 2. The molecule has 2 heterocycles. The van der Waals surface area contributed by atoms with E-state index in [0.717, 1.165) is 16.0 Å². The van der Waals surface area contributed by atoms with Gasteiger partial charge in [-0.2, -0.15) is 9.78 Å². The van der Waals surface area contributed by atoms with Gasteiger partial charge in [-0.05, 0) is 19.1 Å². The number of halogens is 1. The van der Waals surface area contributed by atoms with E-state index in [0.29, 0.717) is 16.8 Å². The van der Waals surface area contributed by atoms with Crippen LogP contribution in [0.1, 0.15) is 17.4 Å². The predicted octanol–water partition coefficient (Wildman–Crippen LogP) is 2.81. The summed E-state index contributed by atoms with van der Waals surface area (Å²) in [6.45, 7) is 1.83. The zero-order valence-corrected chi connectivity index (χ0v) is 16.6. The van der Waals surface area contributed by atoms with Crippen LogP contribution in [0.25, 0.3) is 16.5 Å². The summed E-state index contributed by atoms with van der Waals surface area (Å²) in [5.41, 5.74) is -0.123. The van der Waals surface area contributed by atoms with Crippen molar-refractivity contribution in [3.63, 3.8) is 0 Å². The number of amides is 1. The maximum absolute atomic E-state index is 13.1. The van der Waals surface area contributed by atoms with Crippen molar-refractivity contribution < 1.29 is 19.1 Å². The Balaban J connectivity index is 2.30. The van der Waals surface area contributed by atoms with E-state index in [1.165, 1.54) is 7.11 Å². The number of carbonyl (C=O) groups is 2. The first-order valence-electron chi connectivity index (χ1n) is 8.22. The molecule has 28 heavy (non-hydrogen) atoms. The Morgan fingerprint density at radius 1 is 1.36 bits per heavy atom. The van der Waals surface area contributed by atoms with Crippen LogP contribution in [0.15, 0.2) is 34.4 Å². The second kappa shape index (κ2) is 8.41. The average Bonchev–Trinajstić information content (AvgIpc) is 3.12. The van der Waals surface area contributed by atoms with Gasteiger partial charge >= 0.3 is 5.97 Å².